The van der Waals surface area contributed by atoms with Crippen LogP contribution < -0.4 is 5.32 Å². The van der Waals surface area contributed by atoms with Crippen LogP contribution in [0.25, 0.3) is 0 Å². The van der Waals surface area contributed by atoms with Gasteiger partial charge in [0.05, 0.1) is 12.3 Å². The molecule has 0 atom stereocenters. The number of hydrogen-bond acceptors (Lipinski definition) is 5. The molecule has 0 aliphatic heterocycles. The molecule has 0 aliphatic rings. The van der Waals surface area contributed by atoms with Crippen LogP contribution in [0.4, 0.5) is 0 Å². The second-order valence-corrected chi connectivity index (χ2v) is 3.87. The fraction of sp³-hybridized carbons (Fsp3) is 0.818. The second kappa shape index (κ2) is 8.16. The molecule has 0 saturated heterocycles. The van der Waals surface area contributed by atoms with Gasteiger partial charge in [-0.25, -0.2) is 4.68 Å². The summed E-state index contributed by atoms with van der Waals surface area (Å²) < 4.78 is 12.1. The van der Waals surface area contributed by atoms with Gasteiger partial charge in [0.15, 0.2) is 0 Å². The molecule has 17 heavy (non-hydrogen) atoms. The van der Waals surface area contributed by atoms with Crippen molar-refractivity contribution < 1.29 is 9.47 Å². The average molecular weight is 242 g/mol. The van der Waals surface area contributed by atoms with E-state index in [4.69, 9.17) is 9.47 Å². The molecule has 0 aromatic carbocycles. The van der Waals surface area contributed by atoms with Crippen LogP contribution in [-0.2, 0) is 29.2 Å². The first-order valence-electron chi connectivity index (χ1n) is 5.87. The third-order valence-corrected chi connectivity index (χ3v) is 2.51. The van der Waals surface area contributed by atoms with Crippen molar-refractivity contribution in [1.82, 2.24) is 20.3 Å². The largest absolute Gasteiger partial charge is 0.385 e. The molecule has 0 fully saturated rings. The average Bonchev–Trinajstić information content (AvgIpc) is 2.69. The Morgan fingerprint density at radius 3 is 2.71 bits per heavy atom. The van der Waals surface area contributed by atoms with Crippen LogP contribution in [0, 0.1) is 0 Å². The molecule has 0 aliphatic carbocycles. The van der Waals surface area contributed by atoms with Crippen LogP contribution in [-0.4, -0.2) is 42.9 Å². The number of methoxy groups -OCH3 is 2. The van der Waals surface area contributed by atoms with Crippen molar-refractivity contribution in [2.24, 2.45) is 0 Å². The molecule has 1 heterocycles. The number of ether oxygens (including phenoxy) is 2. The Bertz CT molecular complexity index is 314. The van der Waals surface area contributed by atoms with Gasteiger partial charge in [-0.15, -0.1) is 5.10 Å². The molecule has 6 heteroatoms. The number of hydrogen-bond donors (Lipinski definition) is 1. The SMILES string of the molecule is CNCc1nnn(CCCCOC)c1COC. The minimum atomic E-state index is 0.550. The molecular weight excluding hydrogens is 220 g/mol. The number of nitrogens with one attached hydrogen (secondary N) is 1. The summed E-state index contributed by atoms with van der Waals surface area (Å²) in [7, 11) is 5.30. The summed E-state index contributed by atoms with van der Waals surface area (Å²) in [6.07, 6.45) is 2.07. The Morgan fingerprint density at radius 1 is 1.24 bits per heavy atom. The number of aryl methyl sites for hydroxylation is 1. The highest BCUT2D eigenvalue weighted by Crippen LogP contribution is 2.08. The molecule has 1 aromatic rings. The third-order valence-electron chi connectivity index (χ3n) is 2.51. The Hall–Kier alpha value is -0.980. The van der Waals surface area contributed by atoms with Crippen molar-refractivity contribution in [2.75, 3.05) is 27.9 Å². The normalized spacial score (nSPS) is 11.0. The second-order valence-electron chi connectivity index (χ2n) is 3.87. The molecule has 0 amide bonds. The standard InChI is InChI=1S/C11H22N4O2/c1-12-8-10-11(9-17-3)15(14-13-10)6-4-5-7-16-2/h12H,4-9H2,1-3H3. The zero-order chi connectivity index (χ0) is 12.5. The van der Waals surface area contributed by atoms with Gasteiger partial charge in [-0.1, -0.05) is 5.21 Å². The molecule has 1 aromatic heterocycles. The molecule has 0 spiro atoms. The fourth-order valence-corrected chi connectivity index (χ4v) is 1.66. The van der Waals surface area contributed by atoms with Crippen molar-refractivity contribution in [3.63, 3.8) is 0 Å². The van der Waals surface area contributed by atoms with Crippen LogP contribution in [0.5, 0.6) is 0 Å². The predicted octanol–water partition coefficient (Wildman–Crippen LogP) is 0.570. The summed E-state index contributed by atoms with van der Waals surface area (Å²) in [6, 6.07) is 0. The lowest BCUT2D eigenvalue weighted by Gasteiger charge is -2.07. The molecule has 0 saturated carbocycles. The van der Waals surface area contributed by atoms with Gasteiger partial charge in [-0.05, 0) is 19.9 Å². The van der Waals surface area contributed by atoms with E-state index in [1.807, 2.05) is 11.7 Å². The van der Waals surface area contributed by atoms with E-state index in [9.17, 15) is 0 Å². The zero-order valence-electron chi connectivity index (χ0n) is 10.9. The van der Waals surface area contributed by atoms with E-state index in [1.165, 1.54) is 0 Å². The van der Waals surface area contributed by atoms with E-state index in [2.05, 4.69) is 15.6 Å². The quantitative estimate of drug-likeness (QED) is 0.641. The number of rotatable bonds is 9. The predicted molar refractivity (Wildman–Crippen MR) is 64.6 cm³/mol. The molecule has 0 radical (unpaired) electrons. The summed E-state index contributed by atoms with van der Waals surface area (Å²) in [5.74, 6) is 0. The first kappa shape index (κ1) is 14.1. The Labute approximate surface area is 102 Å². The zero-order valence-corrected chi connectivity index (χ0v) is 10.9. The monoisotopic (exact) mass is 242 g/mol. The van der Waals surface area contributed by atoms with Crippen molar-refractivity contribution >= 4 is 0 Å². The molecule has 98 valence electrons. The lowest BCUT2D eigenvalue weighted by molar-refractivity contribution is 0.173. The van der Waals surface area contributed by atoms with E-state index < -0.39 is 0 Å². The highest BCUT2D eigenvalue weighted by molar-refractivity contribution is 5.08. The summed E-state index contributed by atoms with van der Waals surface area (Å²) in [5.41, 5.74) is 2.01. The third kappa shape index (κ3) is 4.41. The van der Waals surface area contributed by atoms with Gasteiger partial charge in [0.2, 0.25) is 0 Å². The van der Waals surface area contributed by atoms with Crippen molar-refractivity contribution in [1.29, 1.82) is 0 Å². The summed E-state index contributed by atoms with van der Waals surface area (Å²) in [6.45, 7) is 2.92. The van der Waals surface area contributed by atoms with E-state index in [0.29, 0.717) is 6.61 Å². The summed E-state index contributed by atoms with van der Waals surface area (Å²) >= 11 is 0. The number of nitrogens with zero attached hydrogens (tertiary/aromatic N) is 3. The minimum absolute atomic E-state index is 0.550. The molecule has 6 nitrogen and oxygen atoms in total. The lowest BCUT2D eigenvalue weighted by Crippen LogP contribution is -2.11. The first-order chi connectivity index (χ1) is 8.33. The number of unbranched alkanes of at least 4 members (excludes halogenated alkanes) is 1. The van der Waals surface area contributed by atoms with Crippen LogP contribution in [0.2, 0.25) is 0 Å². The van der Waals surface area contributed by atoms with E-state index in [-0.39, 0.29) is 0 Å². The maximum Gasteiger partial charge on any atom is 0.102 e. The molecule has 1 N–H and O–H groups in total. The molecule has 0 bridgehead atoms. The van der Waals surface area contributed by atoms with Gasteiger partial charge >= 0.3 is 0 Å². The number of aromatic nitrogens is 3. The lowest BCUT2D eigenvalue weighted by atomic mass is 10.3. The van der Waals surface area contributed by atoms with Crippen molar-refractivity contribution in [2.45, 2.75) is 32.5 Å². The van der Waals surface area contributed by atoms with Crippen LogP contribution in [0.15, 0.2) is 0 Å². The van der Waals surface area contributed by atoms with Gasteiger partial charge in [0.25, 0.3) is 0 Å². The van der Waals surface area contributed by atoms with Crippen molar-refractivity contribution in [3.8, 4) is 0 Å². The molecular formula is C11H22N4O2. The Morgan fingerprint density at radius 2 is 2.06 bits per heavy atom. The minimum Gasteiger partial charge on any atom is -0.385 e. The highest BCUT2D eigenvalue weighted by Gasteiger charge is 2.11. The van der Waals surface area contributed by atoms with Crippen LogP contribution in [0.3, 0.4) is 0 Å². The maximum atomic E-state index is 5.19. The highest BCUT2D eigenvalue weighted by atomic mass is 16.5. The van der Waals surface area contributed by atoms with E-state index >= 15 is 0 Å². The Kier molecular flexibility index (Phi) is 6.76. The molecule has 0 unspecified atom stereocenters. The van der Waals surface area contributed by atoms with Gasteiger partial charge in [0.1, 0.15) is 5.69 Å². The topological polar surface area (TPSA) is 61.2 Å². The van der Waals surface area contributed by atoms with Gasteiger partial charge < -0.3 is 14.8 Å². The van der Waals surface area contributed by atoms with Gasteiger partial charge in [-0.3, -0.25) is 0 Å². The van der Waals surface area contributed by atoms with Gasteiger partial charge in [-0.2, -0.15) is 0 Å². The van der Waals surface area contributed by atoms with Crippen LogP contribution in [0.1, 0.15) is 24.2 Å². The van der Waals surface area contributed by atoms with Gasteiger partial charge in [0, 0.05) is 33.9 Å². The smallest absolute Gasteiger partial charge is 0.102 e. The maximum absolute atomic E-state index is 5.19. The summed E-state index contributed by atoms with van der Waals surface area (Å²) in [4.78, 5) is 0. The first-order valence-corrected chi connectivity index (χ1v) is 5.87. The fourth-order valence-electron chi connectivity index (χ4n) is 1.66. The van der Waals surface area contributed by atoms with E-state index in [0.717, 1.165) is 43.9 Å². The van der Waals surface area contributed by atoms with Crippen molar-refractivity contribution in [3.05, 3.63) is 11.4 Å². The van der Waals surface area contributed by atoms with Crippen LogP contribution >= 0.6 is 0 Å². The molecule has 1 rings (SSSR count). The van der Waals surface area contributed by atoms with E-state index in [1.54, 1.807) is 14.2 Å². The Balaban J connectivity index is 2.56. The summed E-state index contributed by atoms with van der Waals surface area (Å²) in [5, 5.41) is 11.4.